The molecule has 1 aliphatic heterocycles. The normalized spacial score (nSPS) is 16.1. The Kier molecular flexibility index (Phi) is 5.90. The molecule has 3 aromatic rings. The summed E-state index contributed by atoms with van der Waals surface area (Å²) in [7, 11) is 0. The number of aromatic nitrogens is 3. The Morgan fingerprint density at radius 3 is 2.57 bits per heavy atom. The number of hydrogen-bond acceptors (Lipinski definition) is 5. The van der Waals surface area contributed by atoms with Crippen LogP contribution in [0.1, 0.15) is 38.8 Å². The van der Waals surface area contributed by atoms with Gasteiger partial charge < -0.3 is 10.2 Å². The minimum Gasteiger partial charge on any atom is -0.317 e. The largest absolute Gasteiger partial charge is 0.416 e. The lowest BCUT2D eigenvalue weighted by Gasteiger charge is -2.32. The molecule has 0 saturated carbocycles. The smallest absolute Gasteiger partial charge is 0.317 e. The molecule has 158 valence electrons. The summed E-state index contributed by atoms with van der Waals surface area (Å²) in [5, 5.41) is 8.71. The molecule has 0 spiro atoms. The molecule has 0 saturated heterocycles. The van der Waals surface area contributed by atoms with Gasteiger partial charge in [-0.1, -0.05) is 0 Å². The summed E-state index contributed by atoms with van der Waals surface area (Å²) in [6, 6.07) is 4.14. The summed E-state index contributed by atoms with van der Waals surface area (Å²) in [6.45, 7) is 2.06. The number of fused-ring (bicyclic) bond motifs is 1. The molecule has 0 radical (unpaired) electrons. The molecule has 1 atom stereocenters. The van der Waals surface area contributed by atoms with Gasteiger partial charge in [-0.3, -0.25) is 14.3 Å². The molecule has 1 aromatic carbocycles. The van der Waals surface area contributed by atoms with Gasteiger partial charge in [0.05, 0.1) is 23.5 Å². The topological polar surface area (TPSA) is 80.1 Å². The highest BCUT2D eigenvalue weighted by atomic mass is 32.1. The highest BCUT2D eigenvalue weighted by Crippen LogP contribution is 2.33. The molecule has 0 unspecified atom stereocenters. The zero-order chi connectivity index (χ0) is 20.8. The zero-order valence-corrected chi connectivity index (χ0v) is 17.3. The zero-order valence-electron chi connectivity index (χ0n) is 15.5. The van der Waals surface area contributed by atoms with Gasteiger partial charge in [-0.15, -0.1) is 11.3 Å². The van der Waals surface area contributed by atoms with E-state index in [9.17, 15) is 22.8 Å². The summed E-state index contributed by atoms with van der Waals surface area (Å²) >= 11 is 1.15. The minimum atomic E-state index is -4.45. The molecule has 3 heterocycles. The number of amides is 2. The Balaban J connectivity index is 0.00000256. The molecular weight excluding hydrogens is 439 g/mol. The molecular formula is C18H16F3N5O2S2. The van der Waals surface area contributed by atoms with Gasteiger partial charge in [-0.25, -0.2) is 4.98 Å². The van der Waals surface area contributed by atoms with Crippen molar-refractivity contribution in [3.05, 3.63) is 58.3 Å². The van der Waals surface area contributed by atoms with Gasteiger partial charge in [-0.2, -0.15) is 31.8 Å². The van der Waals surface area contributed by atoms with Crippen LogP contribution in [0, 0.1) is 0 Å². The first-order valence-electron chi connectivity index (χ1n) is 8.53. The summed E-state index contributed by atoms with van der Waals surface area (Å²) < 4.78 is 39.9. The predicted molar refractivity (Wildman–Crippen MR) is 111 cm³/mol. The maximum absolute atomic E-state index is 13.1. The maximum Gasteiger partial charge on any atom is 0.416 e. The molecule has 12 heteroatoms. The van der Waals surface area contributed by atoms with Crippen molar-refractivity contribution in [3.63, 3.8) is 0 Å². The van der Waals surface area contributed by atoms with Crippen molar-refractivity contribution in [1.29, 1.82) is 0 Å². The minimum absolute atomic E-state index is 0. The first kappa shape index (κ1) is 21.8. The standard InChI is InChI=1S/C18H14F3N5O2S.H2S/c1-10-9-25(12-4-2-11(3-5-12)18(19,20)21)17(28)14-13(8-23-26(10)14)24-15(27)16-22-6-7-29-16;/h2-8,10H,9H2,1H3,(H,24,27);1H2/t10-;/m0./s1. The second-order valence-electron chi connectivity index (χ2n) is 6.45. The molecule has 1 N–H and O–H groups in total. The van der Waals surface area contributed by atoms with Crippen LogP contribution in [0.5, 0.6) is 0 Å². The van der Waals surface area contributed by atoms with Gasteiger partial charge in [0.1, 0.15) is 0 Å². The average Bonchev–Trinajstić information content (AvgIpc) is 3.34. The van der Waals surface area contributed by atoms with Crippen LogP contribution in [0.3, 0.4) is 0 Å². The molecule has 0 bridgehead atoms. The van der Waals surface area contributed by atoms with Crippen LogP contribution in [-0.2, 0) is 6.18 Å². The number of alkyl halides is 3. The van der Waals surface area contributed by atoms with Gasteiger partial charge in [-0.05, 0) is 31.2 Å². The lowest BCUT2D eigenvalue weighted by Crippen LogP contribution is -2.43. The van der Waals surface area contributed by atoms with E-state index >= 15 is 0 Å². The summed E-state index contributed by atoms with van der Waals surface area (Å²) in [5.41, 5.74) is -0.0769. The van der Waals surface area contributed by atoms with E-state index < -0.39 is 23.6 Å². The number of rotatable bonds is 3. The molecule has 4 rings (SSSR count). The summed E-state index contributed by atoms with van der Waals surface area (Å²) in [6.07, 6.45) is -1.58. The monoisotopic (exact) mass is 455 g/mol. The average molecular weight is 455 g/mol. The maximum atomic E-state index is 13.1. The van der Waals surface area contributed by atoms with E-state index in [0.717, 1.165) is 23.5 Å². The van der Waals surface area contributed by atoms with E-state index in [1.807, 2.05) is 6.92 Å². The van der Waals surface area contributed by atoms with E-state index in [1.165, 1.54) is 34.1 Å². The van der Waals surface area contributed by atoms with Gasteiger partial charge in [0.25, 0.3) is 11.8 Å². The van der Waals surface area contributed by atoms with Gasteiger partial charge >= 0.3 is 6.18 Å². The van der Waals surface area contributed by atoms with Crippen molar-refractivity contribution in [2.45, 2.75) is 19.1 Å². The second kappa shape index (κ2) is 8.11. The van der Waals surface area contributed by atoms with Crippen molar-refractivity contribution in [3.8, 4) is 0 Å². The van der Waals surface area contributed by atoms with Crippen molar-refractivity contribution in [1.82, 2.24) is 14.8 Å². The number of nitrogens with one attached hydrogen (secondary N) is 1. The predicted octanol–water partition coefficient (Wildman–Crippen LogP) is 3.94. The van der Waals surface area contributed by atoms with Crippen LogP contribution in [0.25, 0.3) is 0 Å². The molecule has 30 heavy (non-hydrogen) atoms. The van der Waals surface area contributed by atoms with Crippen molar-refractivity contribution >= 4 is 48.0 Å². The Morgan fingerprint density at radius 2 is 1.97 bits per heavy atom. The van der Waals surface area contributed by atoms with Crippen molar-refractivity contribution in [2.24, 2.45) is 0 Å². The van der Waals surface area contributed by atoms with E-state index in [4.69, 9.17) is 0 Å². The molecule has 2 amide bonds. The third kappa shape index (κ3) is 3.92. The fourth-order valence-electron chi connectivity index (χ4n) is 3.12. The number of thiazole rings is 1. The van der Waals surface area contributed by atoms with E-state index in [0.29, 0.717) is 5.69 Å². The number of nitrogens with zero attached hydrogens (tertiary/aromatic N) is 4. The van der Waals surface area contributed by atoms with Gasteiger partial charge in [0.15, 0.2) is 10.7 Å². The van der Waals surface area contributed by atoms with Gasteiger partial charge in [0, 0.05) is 23.8 Å². The number of carbonyl (C=O) groups is 2. The van der Waals surface area contributed by atoms with Crippen molar-refractivity contribution < 1.29 is 22.8 Å². The highest BCUT2D eigenvalue weighted by molar-refractivity contribution is 7.59. The van der Waals surface area contributed by atoms with E-state index in [1.54, 1.807) is 5.38 Å². The Labute approximate surface area is 180 Å². The molecule has 0 aliphatic carbocycles. The van der Waals surface area contributed by atoms with Crippen LogP contribution in [0.4, 0.5) is 24.5 Å². The quantitative estimate of drug-likeness (QED) is 0.649. The summed E-state index contributed by atoms with van der Waals surface area (Å²) in [5.74, 6) is -0.933. The lowest BCUT2D eigenvalue weighted by atomic mass is 10.1. The fourth-order valence-corrected chi connectivity index (χ4v) is 3.65. The van der Waals surface area contributed by atoms with Crippen molar-refractivity contribution in [2.75, 3.05) is 16.8 Å². The second-order valence-corrected chi connectivity index (χ2v) is 7.35. The fraction of sp³-hybridized carbons (Fsp3) is 0.222. The van der Waals surface area contributed by atoms with Crippen LogP contribution >= 0.6 is 24.8 Å². The number of hydrogen-bond donors (Lipinski definition) is 1. The number of benzene rings is 1. The molecule has 1 aliphatic rings. The van der Waals surface area contributed by atoms with E-state index in [-0.39, 0.29) is 42.5 Å². The number of halogens is 3. The molecule has 0 fully saturated rings. The molecule has 2 aromatic heterocycles. The van der Waals surface area contributed by atoms with E-state index in [2.05, 4.69) is 15.4 Å². The SMILES string of the molecule is C[C@H]1CN(c2ccc(C(F)(F)F)cc2)C(=O)c2c(NC(=O)c3nccs3)cnn21.S. The first-order chi connectivity index (χ1) is 13.8. The Bertz CT molecular complexity index is 1060. The highest BCUT2D eigenvalue weighted by Gasteiger charge is 2.35. The van der Waals surface area contributed by atoms with Crippen LogP contribution in [0.2, 0.25) is 0 Å². The number of anilines is 2. The first-order valence-corrected chi connectivity index (χ1v) is 9.41. The third-order valence-corrected chi connectivity index (χ3v) is 5.26. The Hall–Kier alpha value is -2.86. The van der Waals surface area contributed by atoms with Crippen LogP contribution in [-0.4, -0.2) is 33.1 Å². The van der Waals surface area contributed by atoms with Crippen LogP contribution in [0.15, 0.2) is 42.0 Å². The Morgan fingerprint density at radius 1 is 1.27 bits per heavy atom. The summed E-state index contributed by atoms with van der Waals surface area (Å²) in [4.78, 5) is 30.7. The third-order valence-electron chi connectivity index (χ3n) is 4.49. The number of carbonyl (C=O) groups excluding carboxylic acids is 2. The lowest BCUT2D eigenvalue weighted by molar-refractivity contribution is -0.137. The van der Waals surface area contributed by atoms with Gasteiger partial charge in [0.2, 0.25) is 0 Å². The van der Waals surface area contributed by atoms with Crippen LogP contribution < -0.4 is 10.2 Å². The molecule has 7 nitrogen and oxygen atoms in total.